The van der Waals surface area contributed by atoms with E-state index in [4.69, 9.17) is 9.47 Å². The zero-order valence-electron chi connectivity index (χ0n) is 12.9. The summed E-state index contributed by atoms with van der Waals surface area (Å²) in [7, 11) is 0. The maximum atomic E-state index is 11.7. The van der Waals surface area contributed by atoms with Crippen LogP contribution in [0.25, 0.3) is 0 Å². The lowest BCUT2D eigenvalue weighted by molar-refractivity contribution is -0.118. The molecule has 1 aromatic rings. The third-order valence-electron chi connectivity index (χ3n) is 2.66. The van der Waals surface area contributed by atoms with E-state index in [1.165, 1.54) is 0 Å². The van der Waals surface area contributed by atoms with Crippen LogP contribution in [0.3, 0.4) is 0 Å². The first-order valence-electron chi connectivity index (χ1n) is 7.29. The highest BCUT2D eigenvalue weighted by Gasteiger charge is 2.10. The van der Waals surface area contributed by atoms with Crippen molar-refractivity contribution in [3.63, 3.8) is 0 Å². The van der Waals surface area contributed by atoms with Gasteiger partial charge in [0.1, 0.15) is 0 Å². The number of amides is 1. The van der Waals surface area contributed by atoms with E-state index in [0.29, 0.717) is 19.0 Å². The van der Waals surface area contributed by atoms with Crippen molar-refractivity contribution >= 4 is 11.6 Å². The average Bonchev–Trinajstić information content (AvgIpc) is 2.43. The molecule has 112 valence electrons. The van der Waals surface area contributed by atoms with Gasteiger partial charge in [-0.25, -0.2) is 0 Å². The van der Waals surface area contributed by atoms with Gasteiger partial charge in [0.2, 0.25) is 5.91 Å². The van der Waals surface area contributed by atoms with Crippen LogP contribution in [0.5, 0.6) is 11.5 Å². The van der Waals surface area contributed by atoms with Crippen LogP contribution >= 0.6 is 0 Å². The predicted octanol–water partition coefficient (Wildman–Crippen LogP) is 3.86. The Morgan fingerprint density at radius 2 is 1.70 bits per heavy atom. The molecule has 20 heavy (non-hydrogen) atoms. The molecule has 0 radical (unpaired) electrons. The summed E-state index contributed by atoms with van der Waals surface area (Å²) in [6, 6.07) is 5.50. The van der Waals surface area contributed by atoms with Crippen molar-refractivity contribution in [3.8, 4) is 11.5 Å². The van der Waals surface area contributed by atoms with Gasteiger partial charge < -0.3 is 14.8 Å². The molecule has 1 N–H and O–H groups in total. The number of hydrogen-bond donors (Lipinski definition) is 1. The fourth-order valence-corrected chi connectivity index (χ4v) is 1.53. The monoisotopic (exact) mass is 279 g/mol. The Bertz CT molecular complexity index is 430. The highest BCUT2D eigenvalue weighted by molar-refractivity contribution is 5.92. The van der Waals surface area contributed by atoms with E-state index < -0.39 is 0 Å². The Morgan fingerprint density at radius 1 is 1.10 bits per heavy atom. The lowest BCUT2D eigenvalue weighted by Gasteiger charge is -2.14. The minimum Gasteiger partial charge on any atom is -0.490 e. The molecule has 0 heterocycles. The van der Waals surface area contributed by atoms with Gasteiger partial charge in [0, 0.05) is 17.7 Å². The molecule has 0 unspecified atom stereocenters. The van der Waals surface area contributed by atoms with Crippen LogP contribution in [0.15, 0.2) is 18.2 Å². The fourth-order valence-electron chi connectivity index (χ4n) is 1.53. The Hall–Kier alpha value is -1.71. The quantitative estimate of drug-likeness (QED) is 0.786. The first-order valence-corrected chi connectivity index (χ1v) is 7.29. The summed E-state index contributed by atoms with van der Waals surface area (Å²) in [5.74, 6) is 1.35. The van der Waals surface area contributed by atoms with Gasteiger partial charge in [-0.05, 0) is 25.0 Å². The Balaban J connectivity index is 2.85. The molecule has 4 heteroatoms. The Kier molecular flexibility index (Phi) is 6.91. The van der Waals surface area contributed by atoms with Crippen molar-refractivity contribution < 1.29 is 14.3 Å². The smallest absolute Gasteiger partial charge is 0.226 e. The maximum Gasteiger partial charge on any atom is 0.226 e. The van der Waals surface area contributed by atoms with Gasteiger partial charge in [-0.1, -0.05) is 27.7 Å². The summed E-state index contributed by atoms with van der Waals surface area (Å²) in [6.45, 7) is 9.12. The van der Waals surface area contributed by atoms with Gasteiger partial charge in [0.05, 0.1) is 13.2 Å². The third-order valence-corrected chi connectivity index (χ3v) is 2.66. The molecule has 4 nitrogen and oxygen atoms in total. The maximum absolute atomic E-state index is 11.7. The number of rotatable bonds is 8. The van der Waals surface area contributed by atoms with E-state index in [1.807, 2.05) is 32.0 Å². The number of ether oxygens (including phenoxy) is 2. The normalized spacial score (nSPS) is 10.4. The van der Waals surface area contributed by atoms with Crippen molar-refractivity contribution in [2.24, 2.45) is 5.92 Å². The minimum atomic E-state index is -0.0500. The average molecular weight is 279 g/mol. The van der Waals surface area contributed by atoms with Crippen molar-refractivity contribution in [1.29, 1.82) is 0 Å². The molecule has 0 aliphatic rings. The minimum absolute atomic E-state index is 0.00586. The number of anilines is 1. The van der Waals surface area contributed by atoms with E-state index in [1.54, 1.807) is 0 Å². The van der Waals surface area contributed by atoms with Crippen molar-refractivity contribution in [2.45, 2.75) is 40.5 Å². The highest BCUT2D eigenvalue weighted by atomic mass is 16.5. The largest absolute Gasteiger partial charge is 0.490 e. The molecule has 0 fully saturated rings. The van der Waals surface area contributed by atoms with Crippen LogP contribution < -0.4 is 14.8 Å². The summed E-state index contributed by atoms with van der Waals surface area (Å²) in [5, 5.41) is 2.87. The SMILES string of the molecule is CCCOc1ccc(NC(=O)C(C)C)cc1OCCC. The standard InChI is InChI=1S/C16H25NO3/c1-5-9-19-14-8-7-13(17-16(18)12(3)4)11-15(14)20-10-6-2/h7-8,11-12H,5-6,9-10H2,1-4H3,(H,17,18). The summed E-state index contributed by atoms with van der Waals surface area (Å²) < 4.78 is 11.3. The molecule has 1 amide bonds. The van der Waals surface area contributed by atoms with Crippen LogP contribution in [0.4, 0.5) is 5.69 Å². The van der Waals surface area contributed by atoms with Crippen molar-refractivity contribution in [2.75, 3.05) is 18.5 Å². The molecule has 0 bridgehead atoms. The lowest BCUT2D eigenvalue weighted by atomic mass is 10.2. The molecule has 1 rings (SSSR count). The Morgan fingerprint density at radius 3 is 2.25 bits per heavy atom. The molecule has 0 aliphatic heterocycles. The first kappa shape index (κ1) is 16.3. The fraction of sp³-hybridized carbons (Fsp3) is 0.562. The van der Waals surface area contributed by atoms with Crippen LogP contribution in [0.2, 0.25) is 0 Å². The molecule has 0 atom stereocenters. The van der Waals surface area contributed by atoms with Gasteiger partial charge in [0.15, 0.2) is 11.5 Å². The number of nitrogens with one attached hydrogen (secondary N) is 1. The van der Waals surface area contributed by atoms with Crippen LogP contribution in [0, 0.1) is 5.92 Å². The molecule has 0 aromatic heterocycles. The second kappa shape index (κ2) is 8.46. The number of benzene rings is 1. The zero-order valence-corrected chi connectivity index (χ0v) is 12.9. The first-order chi connectivity index (χ1) is 9.58. The van der Waals surface area contributed by atoms with E-state index >= 15 is 0 Å². The van der Waals surface area contributed by atoms with Crippen molar-refractivity contribution in [1.82, 2.24) is 0 Å². The van der Waals surface area contributed by atoms with Gasteiger partial charge in [-0.15, -0.1) is 0 Å². The predicted molar refractivity (Wildman–Crippen MR) is 81.5 cm³/mol. The van der Waals surface area contributed by atoms with E-state index in [0.717, 1.165) is 24.3 Å². The molecular weight excluding hydrogens is 254 g/mol. The second-order valence-electron chi connectivity index (χ2n) is 5.00. The number of carbonyl (C=O) groups is 1. The van der Waals surface area contributed by atoms with Gasteiger partial charge in [-0.3, -0.25) is 4.79 Å². The molecule has 0 spiro atoms. The number of carbonyl (C=O) groups excluding carboxylic acids is 1. The molecular formula is C16H25NO3. The van der Waals surface area contributed by atoms with E-state index in [2.05, 4.69) is 19.2 Å². The molecule has 0 aliphatic carbocycles. The van der Waals surface area contributed by atoms with Crippen LogP contribution in [-0.4, -0.2) is 19.1 Å². The lowest BCUT2D eigenvalue weighted by Crippen LogP contribution is -2.17. The van der Waals surface area contributed by atoms with Crippen LogP contribution in [0.1, 0.15) is 40.5 Å². The summed E-state index contributed by atoms with van der Waals surface area (Å²) in [5.41, 5.74) is 0.735. The highest BCUT2D eigenvalue weighted by Crippen LogP contribution is 2.31. The van der Waals surface area contributed by atoms with E-state index in [9.17, 15) is 4.79 Å². The molecule has 0 saturated heterocycles. The summed E-state index contributed by atoms with van der Waals surface area (Å²) >= 11 is 0. The van der Waals surface area contributed by atoms with Gasteiger partial charge >= 0.3 is 0 Å². The summed E-state index contributed by atoms with van der Waals surface area (Å²) in [4.78, 5) is 11.7. The molecule has 0 saturated carbocycles. The number of hydrogen-bond acceptors (Lipinski definition) is 3. The van der Waals surface area contributed by atoms with Crippen molar-refractivity contribution in [3.05, 3.63) is 18.2 Å². The third kappa shape index (κ3) is 5.11. The summed E-state index contributed by atoms with van der Waals surface area (Å²) in [6.07, 6.45) is 1.87. The zero-order chi connectivity index (χ0) is 15.0. The van der Waals surface area contributed by atoms with Crippen LogP contribution in [-0.2, 0) is 4.79 Å². The molecule has 1 aromatic carbocycles. The Labute approximate surface area is 121 Å². The topological polar surface area (TPSA) is 47.6 Å². The van der Waals surface area contributed by atoms with E-state index in [-0.39, 0.29) is 11.8 Å². The second-order valence-corrected chi connectivity index (χ2v) is 5.00. The van der Waals surface area contributed by atoms with Gasteiger partial charge in [-0.2, -0.15) is 0 Å². The van der Waals surface area contributed by atoms with Gasteiger partial charge in [0.25, 0.3) is 0 Å².